The normalized spacial score (nSPS) is 16.8. The number of rotatable bonds is 3. The molecule has 8 heteroatoms. The Labute approximate surface area is 141 Å². The number of imidazole rings is 1. The molecule has 1 aliphatic rings. The third-order valence-corrected chi connectivity index (χ3v) is 5.75. The predicted molar refractivity (Wildman–Crippen MR) is 90.8 cm³/mol. The summed E-state index contributed by atoms with van der Waals surface area (Å²) in [5, 5.41) is 2.88. The molecule has 1 aromatic heterocycles. The van der Waals surface area contributed by atoms with E-state index in [0.717, 1.165) is 17.1 Å². The van der Waals surface area contributed by atoms with E-state index in [1.54, 1.807) is 11.1 Å². The molecule has 0 atom stereocenters. The maximum absolute atomic E-state index is 12.2. The van der Waals surface area contributed by atoms with Crippen LogP contribution in [0.5, 0.6) is 0 Å². The molecule has 24 heavy (non-hydrogen) atoms. The maximum Gasteiger partial charge on any atom is 0.317 e. The Morgan fingerprint density at radius 1 is 1.25 bits per heavy atom. The minimum atomic E-state index is -2.99. The molecule has 2 aromatic rings. The fraction of sp³-hybridized carbons (Fsp3) is 0.375. The quantitative estimate of drug-likeness (QED) is 0.901. The molecule has 1 aromatic carbocycles. The molecular weight excluding hydrogens is 328 g/mol. The lowest BCUT2D eigenvalue weighted by Gasteiger charge is -2.27. The largest absolute Gasteiger partial charge is 0.334 e. The summed E-state index contributed by atoms with van der Waals surface area (Å²) >= 11 is 0. The fourth-order valence-electron chi connectivity index (χ4n) is 2.73. The summed E-state index contributed by atoms with van der Waals surface area (Å²) < 4.78 is 24.8. The highest BCUT2D eigenvalue weighted by Gasteiger charge is 2.24. The Hall–Kier alpha value is -2.35. The van der Waals surface area contributed by atoms with Crippen molar-refractivity contribution in [3.8, 4) is 5.69 Å². The van der Waals surface area contributed by atoms with E-state index in [2.05, 4.69) is 10.3 Å². The SMILES string of the molecule is Cc1nccn1-c1ccccc1CNC(=O)N1CCS(=O)(=O)CC1. The van der Waals surface area contributed by atoms with Crippen LogP contribution in [-0.2, 0) is 16.4 Å². The van der Waals surface area contributed by atoms with E-state index in [0.29, 0.717) is 6.54 Å². The van der Waals surface area contributed by atoms with E-state index in [-0.39, 0.29) is 30.6 Å². The highest BCUT2D eigenvalue weighted by molar-refractivity contribution is 7.91. The minimum Gasteiger partial charge on any atom is -0.334 e. The highest BCUT2D eigenvalue weighted by Crippen LogP contribution is 2.16. The van der Waals surface area contributed by atoms with Crippen molar-refractivity contribution in [3.63, 3.8) is 0 Å². The summed E-state index contributed by atoms with van der Waals surface area (Å²) in [7, 11) is -2.99. The van der Waals surface area contributed by atoms with E-state index in [4.69, 9.17) is 0 Å². The number of benzene rings is 1. The molecule has 0 unspecified atom stereocenters. The number of nitrogens with zero attached hydrogens (tertiary/aromatic N) is 3. The Balaban J connectivity index is 1.67. The first kappa shape index (κ1) is 16.5. The van der Waals surface area contributed by atoms with Gasteiger partial charge >= 0.3 is 6.03 Å². The minimum absolute atomic E-state index is 0.0330. The first-order chi connectivity index (χ1) is 11.5. The zero-order valence-electron chi connectivity index (χ0n) is 13.5. The first-order valence-electron chi connectivity index (χ1n) is 7.78. The zero-order valence-corrected chi connectivity index (χ0v) is 14.3. The Morgan fingerprint density at radius 2 is 1.96 bits per heavy atom. The topological polar surface area (TPSA) is 84.3 Å². The van der Waals surface area contributed by atoms with Crippen molar-refractivity contribution in [1.29, 1.82) is 0 Å². The van der Waals surface area contributed by atoms with Gasteiger partial charge in [-0.2, -0.15) is 0 Å². The molecule has 1 N–H and O–H groups in total. The molecule has 0 radical (unpaired) electrons. The molecule has 2 amide bonds. The molecule has 0 saturated carbocycles. The van der Waals surface area contributed by atoms with Crippen molar-refractivity contribution in [3.05, 3.63) is 48.0 Å². The van der Waals surface area contributed by atoms with Gasteiger partial charge < -0.3 is 14.8 Å². The van der Waals surface area contributed by atoms with Gasteiger partial charge in [-0.05, 0) is 18.6 Å². The van der Waals surface area contributed by atoms with E-state index < -0.39 is 9.84 Å². The summed E-state index contributed by atoms with van der Waals surface area (Å²) in [5.74, 6) is 0.936. The average molecular weight is 348 g/mol. The number of nitrogens with one attached hydrogen (secondary N) is 1. The Bertz CT molecular complexity index is 831. The van der Waals surface area contributed by atoms with E-state index in [1.807, 2.05) is 42.0 Å². The lowest BCUT2D eigenvalue weighted by molar-refractivity contribution is 0.202. The van der Waals surface area contributed by atoms with Crippen molar-refractivity contribution in [2.45, 2.75) is 13.5 Å². The van der Waals surface area contributed by atoms with E-state index in [1.165, 1.54) is 0 Å². The van der Waals surface area contributed by atoms with E-state index in [9.17, 15) is 13.2 Å². The number of carbonyl (C=O) groups excluding carboxylic acids is 1. The zero-order chi connectivity index (χ0) is 17.2. The molecule has 0 spiro atoms. The molecule has 0 aliphatic carbocycles. The maximum atomic E-state index is 12.2. The van der Waals surface area contributed by atoms with E-state index >= 15 is 0 Å². The molecule has 7 nitrogen and oxygen atoms in total. The van der Waals surface area contributed by atoms with Crippen molar-refractivity contribution in [1.82, 2.24) is 19.8 Å². The smallest absolute Gasteiger partial charge is 0.317 e. The average Bonchev–Trinajstić information content (AvgIpc) is 2.99. The molecule has 1 aliphatic heterocycles. The first-order valence-corrected chi connectivity index (χ1v) is 9.60. The number of aromatic nitrogens is 2. The van der Waals surface area contributed by atoms with Crippen LogP contribution in [0.25, 0.3) is 5.69 Å². The Morgan fingerprint density at radius 3 is 2.62 bits per heavy atom. The number of amides is 2. The van der Waals surface area contributed by atoms with Gasteiger partial charge in [0, 0.05) is 32.0 Å². The standard InChI is InChI=1S/C16H20N4O3S/c1-13-17-6-7-20(13)15-5-3-2-4-14(15)12-18-16(21)19-8-10-24(22,23)11-9-19/h2-7H,8-12H2,1H3,(H,18,21). The number of sulfone groups is 1. The van der Waals surface area contributed by atoms with Crippen LogP contribution in [0.15, 0.2) is 36.7 Å². The van der Waals surface area contributed by atoms with Crippen molar-refractivity contribution in [2.24, 2.45) is 0 Å². The van der Waals surface area contributed by atoms with Crippen LogP contribution in [0.2, 0.25) is 0 Å². The summed E-state index contributed by atoms with van der Waals surface area (Å²) in [6.45, 7) is 2.78. The molecule has 128 valence electrons. The number of hydrogen-bond acceptors (Lipinski definition) is 4. The van der Waals surface area contributed by atoms with Gasteiger partial charge in [0.15, 0.2) is 9.84 Å². The second-order valence-electron chi connectivity index (χ2n) is 5.77. The molecular formula is C16H20N4O3S. The molecule has 1 fully saturated rings. The number of aryl methyl sites for hydroxylation is 1. The molecule has 1 saturated heterocycles. The summed E-state index contributed by atoms with van der Waals surface area (Å²) in [6.07, 6.45) is 3.62. The van der Waals surface area contributed by atoms with Crippen LogP contribution >= 0.6 is 0 Å². The van der Waals surface area contributed by atoms with Crippen LogP contribution in [0.4, 0.5) is 4.79 Å². The molecule has 0 bridgehead atoms. The summed E-state index contributed by atoms with van der Waals surface area (Å²) in [5.41, 5.74) is 1.94. The third kappa shape index (κ3) is 3.59. The summed E-state index contributed by atoms with van der Waals surface area (Å²) in [4.78, 5) is 18.0. The highest BCUT2D eigenvalue weighted by atomic mass is 32.2. The van der Waals surface area contributed by atoms with Crippen molar-refractivity contribution >= 4 is 15.9 Å². The molecule has 3 rings (SSSR count). The second-order valence-corrected chi connectivity index (χ2v) is 8.07. The van der Waals surface area contributed by atoms with Gasteiger partial charge in [-0.1, -0.05) is 18.2 Å². The van der Waals surface area contributed by atoms with Gasteiger partial charge in [-0.3, -0.25) is 0 Å². The second kappa shape index (κ2) is 6.64. The van der Waals surface area contributed by atoms with Crippen LogP contribution in [0, 0.1) is 6.92 Å². The van der Waals surface area contributed by atoms with Crippen LogP contribution in [0.3, 0.4) is 0 Å². The fourth-order valence-corrected chi connectivity index (χ4v) is 3.93. The van der Waals surface area contributed by atoms with Gasteiger partial charge in [-0.25, -0.2) is 18.2 Å². The van der Waals surface area contributed by atoms with Gasteiger partial charge in [0.05, 0.1) is 17.2 Å². The Kier molecular flexibility index (Phi) is 4.57. The van der Waals surface area contributed by atoms with Crippen LogP contribution in [-0.4, -0.2) is 53.5 Å². The summed E-state index contributed by atoms with van der Waals surface area (Å²) in [6, 6.07) is 7.56. The molecule has 2 heterocycles. The monoisotopic (exact) mass is 348 g/mol. The third-order valence-electron chi connectivity index (χ3n) is 4.14. The van der Waals surface area contributed by atoms with Crippen molar-refractivity contribution in [2.75, 3.05) is 24.6 Å². The van der Waals surface area contributed by atoms with Gasteiger partial charge in [0.25, 0.3) is 0 Å². The van der Waals surface area contributed by atoms with Gasteiger partial charge in [0.2, 0.25) is 0 Å². The van der Waals surface area contributed by atoms with Crippen molar-refractivity contribution < 1.29 is 13.2 Å². The van der Waals surface area contributed by atoms with Crippen LogP contribution < -0.4 is 5.32 Å². The number of urea groups is 1. The number of carbonyl (C=O) groups is 1. The van der Waals surface area contributed by atoms with Crippen LogP contribution in [0.1, 0.15) is 11.4 Å². The predicted octanol–water partition coefficient (Wildman–Crippen LogP) is 1.12. The number of para-hydroxylation sites is 1. The van der Waals surface area contributed by atoms with Gasteiger partial charge in [-0.15, -0.1) is 0 Å². The lowest BCUT2D eigenvalue weighted by Crippen LogP contribution is -2.48. The number of hydrogen-bond donors (Lipinski definition) is 1. The van der Waals surface area contributed by atoms with Gasteiger partial charge in [0.1, 0.15) is 5.82 Å². The lowest BCUT2D eigenvalue weighted by atomic mass is 10.1.